The molecule has 0 aromatic rings. The van der Waals surface area contributed by atoms with Gasteiger partial charge < -0.3 is 0 Å². The standard InChI is InChI=1S/2C9H9.C2H4.Zr/c2*1-2-5-9-7-3-6-8(9)4-1;1-2;/h2*3-4,7H,1-2,5H2;1-2H2;. The molecule has 0 atom stereocenters. The Balaban J connectivity index is 0.000000636. The van der Waals surface area contributed by atoms with Crippen molar-refractivity contribution in [2.24, 2.45) is 0 Å². The van der Waals surface area contributed by atoms with Gasteiger partial charge in [-0.05, 0) is 0 Å². The topological polar surface area (TPSA) is 0 Å². The maximum absolute atomic E-state index is 3.00. The molecular weight excluding hydrogens is 331 g/mol. The van der Waals surface area contributed by atoms with Gasteiger partial charge in [0.25, 0.3) is 0 Å². The Labute approximate surface area is 140 Å². The van der Waals surface area contributed by atoms with Crippen molar-refractivity contribution in [1.82, 2.24) is 0 Å². The van der Waals surface area contributed by atoms with Gasteiger partial charge in [0, 0.05) is 0 Å². The Hall–Kier alpha value is -0.937. The van der Waals surface area contributed by atoms with Gasteiger partial charge in [0.1, 0.15) is 0 Å². The van der Waals surface area contributed by atoms with Crippen LogP contribution < -0.4 is 0 Å². The Morgan fingerprint density at radius 3 is 1.67 bits per heavy atom. The first-order chi connectivity index (χ1) is 10.4. The minimum absolute atomic E-state index is 0.601. The predicted octanol–water partition coefficient (Wildman–Crippen LogP) is 5.74. The van der Waals surface area contributed by atoms with Crippen LogP contribution in [0.15, 0.2) is 78.5 Å². The summed E-state index contributed by atoms with van der Waals surface area (Å²) in [6.07, 6.45) is 22.5. The fourth-order valence-corrected chi connectivity index (χ4v) is 6.92. The van der Waals surface area contributed by atoms with Crippen LogP contribution in [0.25, 0.3) is 0 Å². The summed E-state index contributed by atoms with van der Waals surface area (Å²) in [5.41, 5.74) is 6.49. The van der Waals surface area contributed by atoms with Crippen LogP contribution in [0.5, 0.6) is 0 Å². The number of hydrogen-bond donors (Lipinski definition) is 0. The van der Waals surface area contributed by atoms with Crippen molar-refractivity contribution in [3.05, 3.63) is 78.5 Å². The Kier molecular flexibility index (Phi) is 4.91. The molecule has 0 unspecified atom stereocenters. The van der Waals surface area contributed by atoms with Crippen molar-refractivity contribution in [1.29, 1.82) is 0 Å². The molecule has 0 nitrogen and oxygen atoms in total. The molecule has 0 spiro atoms. The van der Waals surface area contributed by atoms with Gasteiger partial charge in [0.05, 0.1) is 0 Å². The molecule has 1 heteroatoms. The van der Waals surface area contributed by atoms with Gasteiger partial charge >= 0.3 is 127 Å². The van der Waals surface area contributed by atoms with E-state index < -0.39 is 23.2 Å². The van der Waals surface area contributed by atoms with Crippen LogP contribution in [-0.2, 0) is 23.2 Å². The summed E-state index contributed by atoms with van der Waals surface area (Å²) in [4.78, 5) is 0. The maximum Gasteiger partial charge on any atom is -0.106 e. The molecular formula is C20H22Zr. The maximum atomic E-state index is 3.00. The molecule has 0 aromatic carbocycles. The van der Waals surface area contributed by atoms with E-state index in [-0.39, 0.29) is 0 Å². The number of fused-ring (bicyclic) bond motifs is 2. The molecule has 0 saturated heterocycles. The summed E-state index contributed by atoms with van der Waals surface area (Å²) in [6, 6.07) is 0. The Morgan fingerprint density at radius 1 is 0.714 bits per heavy atom. The van der Waals surface area contributed by atoms with Crippen LogP contribution in [0.4, 0.5) is 0 Å². The summed E-state index contributed by atoms with van der Waals surface area (Å²) in [5.74, 6) is 0. The quantitative estimate of drug-likeness (QED) is 0.555. The molecule has 4 rings (SSSR count). The molecule has 0 heterocycles. The van der Waals surface area contributed by atoms with Crippen molar-refractivity contribution in [2.45, 2.75) is 38.5 Å². The van der Waals surface area contributed by atoms with Crippen molar-refractivity contribution in [3.63, 3.8) is 0 Å². The third kappa shape index (κ3) is 2.99. The van der Waals surface area contributed by atoms with E-state index >= 15 is 0 Å². The van der Waals surface area contributed by atoms with Crippen molar-refractivity contribution in [2.75, 3.05) is 0 Å². The fraction of sp³-hybridized carbons (Fsp3) is 0.300. The van der Waals surface area contributed by atoms with E-state index in [1.807, 2.05) is 0 Å². The Bertz CT molecular complexity index is 566. The zero-order valence-corrected chi connectivity index (χ0v) is 15.1. The third-order valence-corrected chi connectivity index (χ3v) is 7.91. The van der Waals surface area contributed by atoms with Gasteiger partial charge in [-0.25, -0.2) is 0 Å². The molecule has 0 radical (unpaired) electrons. The molecule has 4 aliphatic carbocycles. The van der Waals surface area contributed by atoms with Crippen molar-refractivity contribution >= 4 is 0 Å². The molecule has 0 amide bonds. The molecule has 0 saturated carbocycles. The summed E-state index contributed by atoms with van der Waals surface area (Å²) in [6.45, 7) is 6.00. The number of rotatable bonds is 2. The molecule has 21 heavy (non-hydrogen) atoms. The molecule has 106 valence electrons. The zero-order valence-electron chi connectivity index (χ0n) is 12.6. The van der Waals surface area contributed by atoms with E-state index in [1.54, 1.807) is 28.9 Å². The number of allylic oxidation sites excluding steroid dienone is 12. The molecule has 0 fully saturated rings. The summed E-state index contributed by atoms with van der Waals surface area (Å²) < 4.78 is 3.43. The van der Waals surface area contributed by atoms with Gasteiger partial charge in [0.2, 0.25) is 0 Å². The molecule has 0 bridgehead atoms. The van der Waals surface area contributed by atoms with E-state index in [4.69, 9.17) is 0 Å². The van der Waals surface area contributed by atoms with Crippen LogP contribution in [-0.4, -0.2) is 0 Å². The second kappa shape index (κ2) is 6.88. The number of hydrogen-bond acceptors (Lipinski definition) is 0. The average molecular weight is 354 g/mol. The second-order valence-corrected chi connectivity index (χ2v) is 8.95. The molecule has 0 aliphatic heterocycles. The summed E-state index contributed by atoms with van der Waals surface area (Å²) >= 11 is -0.601. The first-order valence-corrected chi connectivity index (χ1v) is 10.4. The van der Waals surface area contributed by atoms with E-state index in [0.29, 0.717) is 0 Å². The van der Waals surface area contributed by atoms with Gasteiger partial charge in [-0.1, -0.05) is 0 Å². The van der Waals surface area contributed by atoms with Crippen LogP contribution in [0, 0.1) is 0 Å². The summed E-state index contributed by atoms with van der Waals surface area (Å²) in [5, 5.41) is 0. The molecule has 0 N–H and O–H groups in total. The van der Waals surface area contributed by atoms with Gasteiger partial charge in [0.15, 0.2) is 0 Å². The Morgan fingerprint density at radius 2 is 1.19 bits per heavy atom. The van der Waals surface area contributed by atoms with Crippen LogP contribution in [0.1, 0.15) is 38.5 Å². The first-order valence-electron chi connectivity index (χ1n) is 7.92. The SMILES string of the molecule is C1=C2CCCC=C2[C]([Zr][C]2=CC=C3CCCC=C32)=C1.C=C. The van der Waals surface area contributed by atoms with E-state index in [0.717, 1.165) is 0 Å². The molecule has 4 aliphatic rings. The van der Waals surface area contributed by atoms with E-state index in [1.165, 1.54) is 38.5 Å². The fourth-order valence-electron chi connectivity index (χ4n) is 3.43. The third-order valence-electron chi connectivity index (χ3n) is 4.44. The first kappa shape index (κ1) is 15.0. The largest absolute Gasteiger partial charge is 0.106 e. The predicted molar refractivity (Wildman–Crippen MR) is 87.5 cm³/mol. The van der Waals surface area contributed by atoms with E-state index in [9.17, 15) is 0 Å². The smallest absolute Gasteiger partial charge is 0.106 e. The summed E-state index contributed by atoms with van der Waals surface area (Å²) in [7, 11) is 0. The van der Waals surface area contributed by atoms with Crippen molar-refractivity contribution < 1.29 is 23.2 Å². The van der Waals surface area contributed by atoms with Crippen LogP contribution in [0.3, 0.4) is 0 Å². The van der Waals surface area contributed by atoms with E-state index in [2.05, 4.69) is 49.6 Å². The monoisotopic (exact) mass is 352 g/mol. The van der Waals surface area contributed by atoms with Gasteiger partial charge in [-0.15, -0.1) is 13.2 Å². The zero-order chi connectivity index (χ0) is 14.7. The van der Waals surface area contributed by atoms with Gasteiger partial charge in [-0.2, -0.15) is 0 Å². The normalized spacial score (nSPS) is 22.3. The average Bonchev–Trinajstić information content (AvgIpc) is 3.15. The van der Waals surface area contributed by atoms with Crippen LogP contribution >= 0.6 is 0 Å². The molecule has 0 aromatic heterocycles. The second-order valence-electron chi connectivity index (χ2n) is 5.69. The minimum atomic E-state index is -0.601. The van der Waals surface area contributed by atoms with Gasteiger partial charge in [-0.3, -0.25) is 0 Å². The minimum Gasteiger partial charge on any atom is -0.106 e. The van der Waals surface area contributed by atoms with Crippen LogP contribution in [0.2, 0.25) is 0 Å². The van der Waals surface area contributed by atoms with Crippen molar-refractivity contribution in [3.8, 4) is 0 Å².